The lowest BCUT2D eigenvalue weighted by atomic mass is 9.97. The van der Waals surface area contributed by atoms with E-state index in [-0.39, 0.29) is 0 Å². The Morgan fingerprint density at radius 1 is 0.957 bits per heavy atom. The van der Waals surface area contributed by atoms with Crippen LogP contribution in [-0.2, 0) is 4.79 Å². The van der Waals surface area contributed by atoms with Gasteiger partial charge in [-0.3, -0.25) is 9.69 Å². The Bertz CT molecular complexity index is 700. The van der Waals surface area contributed by atoms with E-state index in [0.29, 0.717) is 18.5 Å². The van der Waals surface area contributed by atoms with Gasteiger partial charge in [-0.1, -0.05) is 42.5 Å². The zero-order chi connectivity index (χ0) is 15.6. The second kappa shape index (κ2) is 6.32. The van der Waals surface area contributed by atoms with Crippen LogP contribution in [0.3, 0.4) is 0 Å². The predicted octanol–water partition coefficient (Wildman–Crippen LogP) is 3.60. The Labute approximate surface area is 137 Å². The Hall–Kier alpha value is -1.87. The molecule has 2 aromatic rings. The minimum absolute atomic E-state index is 0.314. The van der Waals surface area contributed by atoms with Crippen LogP contribution in [0.5, 0.6) is 0 Å². The van der Waals surface area contributed by atoms with E-state index in [1.165, 1.54) is 35.6 Å². The molecular formula is C20H24N2O. The van der Waals surface area contributed by atoms with Crippen LogP contribution in [0.25, 0.3) is 10.8 Å². The van der Waals surface area contributed by atoms with Crippen LogP contribution < -0.4 is 0 Å². The molecular weight excluding hydrogens is 284 g/mol. The maximum Gasteiger partial charge on any atom is 0.236 e. The molecule has 2 aliphatic heterocycles. The first kappa shape index (κ1) is 14.7. The van der Waals surface area contributed by atoms with Crippen LogP contribution in [0.1, 0.15) is 37.3 Å². The molecule has 1 atom stereocenters. The number of nitrogens with zero attached hydrogens (tertiary/aromatic N) is 2. The first-order valence-electron chi connectivity index (χ1n) is 8.82. The van der Waals surface area contributed by atoms with Gasteiger partial charge in [-0.25, -0.2) is 0 Å². The number of rotatable bonds is 3. The lowest BCUT2D eigenvalue weighted by Gasteiger charge is -2.27. The van der Waals surface area contributed by atoms with Gasteiger partial charge in [0.05, 0.1) is 6.54 Å². The van der Waals surface area contributed by atoms with Crippen molar-refractivity contribution in [3.05, 3.63) is 48.0 Å². The van der Waals surface area contributed by atoms with E-state index in [9.17, 15) is 4.79 Å². The van der Waals surface area contributed by atoms with Gasteiger partial charge >= 0.3 is 0 Å². The molecule has 2 heterocycles. The molecule has 0 aliphatic carbocycles. The smallest absolute Gasteiger partial charge is 0.236 e. The molecule has 0 saturated carbocycles. The molecule has 0 aromatic heterocycles. The van der Waals surface area contributed by atoms with Gasteiger partial charge in [0.25, 0.3) is 0 Å². The van der Waals surface area contributed by atoms with E-state index in [2.05, 4.69) is 47.4 Å². The van der Waals surface area contributed by atoms with Gasteiger partial charge < -0.3 is 4.90 Å². The highest BCUT2D eigenvalue weighted by Gasteiger charge is 2.30. The molecule has 4 rings (SSSR count). The summed E-state index contributed by atoms with van der Waals surface area (Å²) in [6.07, 6.45) is 4.67. The summed E-state index contributed by atoms with van der Waals surface area (Å²) in [6, 6.07) is 15.5. The van der Waals surface area contributed by atoms with Gasteiger partial charge in [0, 0.05) is 19.1 Å². The van der Waals surface area contributed by atoms with Gasteiger partial charge in [0.1, 0.15) is 0 Å². The van der Waals surface area contributed by atoms with Crippen LogP contribution in [0, 0.1) is 0 Å². The van der Waals surface area contributed by atoms with Gasteiger partial charge in [-0.15, -0.1) is 0 Å². The molecule has 0 unspecified atom stereocenters. The average Bonchev–Trinajstić information content (AvgIpc) is 3.26. The SMILES string of the molecule is O=C(CN1CCC[C@@H]1c1cccc2ccccc12)N1CCCC1. The molecule has 23 heavy (non-hydrogen) atoms. The fraction of sp³-hybridized carbons (Fsp3) is 0.450. The highest BCUT2D eigenvalue weighted by Crippen LogP contribution is 2.35. The van der Waals surface area contributed by atoms with Crippen molar-refractivity contribution in [1.82, 2.24) is 9.80 Å². The maximum atomic E-state index is 12.5. The van der Waals surface area contributed by atoms with Crippen LogP contribution in [-0.4, -0.2) is 41.9 Å². The number of likely N-dealkylation sites (tertiary alicyclic amines) is 2. The second-order valence-corrected chi connectivity index (χ2v) is 6.78. The molecule has 2 fully saturated rings. The normalized spacial score (nSPS) is 22.1. The number of carbonyl (C=O) groups excluding carboxylic acids is 1. The fourth-order valence-electron chi connectivity index (χ4n) is 4.15. The molecule has 2 aromatic carbocycles. The zero-order valence-corrected chi connectivity index (χ0v) is 13.6. The summed E-state index contributed by atoms with van der Waals surface area (Å²) in [7, 11) is 0. The third-order valence-corrected chi connectivity index (χ3v) is 5.34. The number of benzene rings is 2. The Kier molecular flexibility index (Phi) is 4.04. The van der Waals surface area contributed by atoms with Crippen molar-refractivity contribution in [2.45, 2.75) is 31.7 Å². The van der Waals surface area contributed by atoms with E-state index < -0.39 is 0 Å². The van der Waals surface area contributed by atoms with Crippen molar-refractivity contribution in [2.24, 2.45) is 0 Å². The highest BCUT2D eigenvalue weighted by molar-refractivity contribution is 5.86. The second-order valence-electron chi connectivity index (χ2n) is 6.78. The summed E-state index contributed by atoms with van der Waals surface area (Å²) in [6.45, 7) is 3.51. The van der Waals surface area contributed by atoms with Crippen molar-refractivity contribution in [3.63, 3.8) is 0 Å². The largest absolute Gasteiger partial charge is 0.342 e. The van der Waals surface area contributed by atoms with Crippen molar-refractivity contribution in [3.8, 4) is 0 Å². The molecule has 3 nitrogen and oxygen atoms in total. The topological polar surface area (TPSA) is 23.6 Å². The van der Waals surface area contributed by atoms with Crippen molar-refractivity contribution in [1.29, 1.82) is 0 Å². The van der Waals surface area contributed by atoms with Crippen LogP contribution in [0.2, 0.25) is 0 Å². The molecule has 0 radical (unpaired) electrons. The summed E-state index contributed by atoms with van der Waals surface area (Å²) in [5.74, 6) is 0.314. The fourth-order valence-corrected chi connectivity index (χ4v) is 4.15. The lowest BCUT2D eigenvalue weighted by molar-refractivity contribution is -0.131. The van der Waals surface area contributed by atoms with Crippen molar-refractivity contribution < 1.29 is 4.79 Å². The summed E-state index contributed by atoms with van der Waals surface area (Å²) >= 11 is 0. The number of amides is 1. The Balaban J connectivity index is 1.58. The van der Waals surface area contributed by atoms with E-state index in [1.807, 2.05) is 4.90 Å². The van der Waals surface area contributed by atoms with Crippen LogP contribution >= 0.6 is 0 Å². The number of fused-ring (bicyclic) bond motifs is 1. The van der Waals surface area contributed by atoms with Gasteiger partial charge in [-0.2, -0.15) is 0 Å². The zero-order valence-electron chi connectivity index (χ0n) is 13.6. The first-order valence-corrected chi connectivity index (χ1v) is 8.82. The average molecular weight is 308 g/mol. The molecule has 3 heteroatoms. The van der Waals surface area contributed by atoms with Crippen LogP contribution in [0.4, 0.5) is 0 Å². The van der Waals surface area contributed by atoms with Crippen molar-refractivity contribution in [2.75, 3.05) is 26.2 Å². The molecule has 120 valence electrons. The molecule has 0 bridgehead atoms. The van der Waals surface area contributed by atoms with E-state index in [0.717, 1.165) is 26.1 Å². The minimum atomic E-state index is 0.314. The van der Waals surface area contributed by atoms with Gasteiger partial charge in [-0.05, 0) is 48.6 Å². The highest BCUT2D eigenvalue weighted by atomic mass is 16.2. The summed E-state index contributed by atoms with van der Waals surface area (Å²) in [5, 5.41) is 2.63. The molecule has 0 spiro atoms. The Morgan fingerprint density at radius 2 is 1.74 bits per heavy atom. The maximum absolute atomic E-state index is 12.5. The van der Waals surface area contributed by atoms with E-state index in [4.69, 9.17) is 0 Å². The summed E-state index contributed by atoms with van der Waals surface area (Å²) in [4.78, 5) is 17.0. The molecule has 2 saturated heterocycles. The summed E-state index contributed by atoms with van der Waals surface area (Å²) in [5.41, 5.74) is 1.38. The molecule has 0 N–H and O–H groups in total. The quantitative estimate of drug-likeness (QED) is 0.865. The third-order valence-electron chi connectivity index (χ3n) is 5.34. The third kappa shape index (κ3) is 2.86. The Morgan fingerprint density at radius 3 is 2.61 bits per heavy atom. The van der Waals surface area contributed by atoms with Gasteiger partial charge in [0.15, 0.2) is 0 Å². The first-order chi connectivity index (χ1) is 11.3. The van der Waals surface area contributed by atoms with Crippen LogP contribution in [0.15, 0.2) is 42.5 Å². The van der Waals surface area contributed by atoms with Gasteiger partial charge in [0.2, 0.25) is 5.91 Å². The monoisotopic (exact) mass is 308 g/mol. The standard InChI is InChI=1S/C20H24N2O/c23-20(21-12-3-4-13-21)15-22-14-6-11-19(22)18-10-5-8-16-7-1-2-9-17(16)18/h1-2,5,7-10,19H,3-4,6,11-15H2/t19-/m1/s1. The predicted molar refractivity (Wildman–Crippen MR) is 93.3 cm³/mol. The minimum Gasteiger partial charge on any atom is -0.342 e. The molecule has 2 aliphatic rings. The number of hydrogen-bond acceptors (Lipinski definition) is 2. The lowest BCUT2D eigenvalue weighted by Crippen LogP contribution is -2.38. The van der Waals surface area contributed by atoms with Crippen molar-refractivity contribution >= 4 is 16.7 Å². The number of carbonyl (C=O) groups is 1. The number of hydrogen-bond donors (Lipinski definition) is 0. The van der Waals surface area contributed by atoms with E-state index >= 15 is 0 Å². The summed E-state index contributed by atoms with van der Waals surface area (Å²) < 4.78 is 0. The van der Waals surface area contributed by atoms with E-state index in [1.54, 1.807) is 0 Å². The molecule has 1 amide bonds.